The lowest BCUT2D eigenvalue weighted by Gasteiger charge is -2.19. The molecule has 3 rings (SSSR count). The summed E-state index contributed by atoms with van der Waals surface area (Å²) in [6.07, 6.45) is 3.13. The minimum absolute atomic E-state index is 0.104. The molecule has 1 aliphatic carbocycles. The van der Waals surface area contributed by atoms with Crippen molar-refractivity contribution in [2.24, 2.45) is 11.8 Å². The van der Waals surface area contributed by atoms with Gasteiger partial charge in [0.15, 0.2) is 18.2 Å². The summed E-state index contributed by atoms with van der Waals surface area (Å²) in [7, 11) is 2.86. The zero-order valence-electron chi connectivity index (χ0n) is 17.1. The van der Waals surface area contributed by atoms with Crippen LogP contribution in [0.15, 0.2) is 18.2 Å². The Bertz CT molecular complexity index is 834. The standard InChI is InChI=1S/C21H25FN2O6/c1-23(10-13-7-8-17(29-2)16(22)9-13)18(25)12-30-19(26)11-24-20(27)14-5-3-4-6-15(14)21(24)28/h7-9,14-15H,3-6,10-12H2,1-2H3. The largest absolute Gasteiger partial charge is 0.494 e. The van der Waals surface area contributed by atoms with E-state index < -0.39 is 30.8 Å². The number of benzene rings is 1. The van der Waals surface area contributed by atoms with Gasteiger partial charge in [0.1, 0.15) is 6.54 Å². The second-order valence-corrected chi connectivity index (χ2v) is 7.64. The molecule has 0 bridgehead atoms. The Kier molecular flexibility index (Phi) is 6.69. The number of amides is 3. The SMILES string of the molecule is COc1ccc(CN(C)C(=O)COC(=O)CN2C(=O)C3CCCCC3C2=O)cc1F. The average Bonchev–Trinajstić information content (AvgIpc) is 2.97. The number of fused-ring (bicyclic) bond motifs is 1. The third kappa shape index (κ3) is 4.60. The number of rotatable bonds is 7. The van der Waals surface area contributed by atoms with Gasteiger partial charge in [-0.15, -0.1) is 0 Å². The molecule has 162 valence electrons. The molecule has 0 N–H and O–H groups in total. The van der Waals surface area contributed by atoms with Crippen LogP contribution in [0.4, 0.5) is 4.39 Å². The Labute approximate surface area is 173 Å². The molecule has 2 atom stereocenters. The second kappa shape index (κ2) is 9.23. The van der Waals surface area contributed by atoms with Crippen LogP contribution >= 0.6 is 0 Å². The number of carbonyl (C=O) groups excluding carboxylic acids is 4. The number of nitrogens with zero attached hydrogens (tertiary/aromatic N) is 2. The van der Waals surface area contributed by atoms with Gasteiger partial charge < -0.3 is 14.4 Å². The van der Waals surface area contributed by atoms with Crippen LogP contribution in [0.3, 0.4) is 0 Å². The number of hydrogen-bond acceptors (Lipinski definition) is 6. The molecule has 9 heteroatoms. The molecule has 2 unspecified atom stereocenters. The quantitative estimate of drug-likeness (QED) is 0.490. The molecule has 0 radical (unpaired) electrons. The van der Waals surface area contributed by atoms with Crippen LogP contribution in [0.1, 0.15) is 31.2 Å². The van der Waals surface area contributed by atoms with E-state index in [0.29, 0.717) is 18.4 Å². The fourth-order valence-corrected chi connectivity index (χ4v) is 3.98. The second-order valence-electron chi connectivity index (χ2n) is 7.64. The maximum absolute atomic E-state index is 13.8. The van der Waals surface area contributed by atoms with E-state index in [9.17, 15) is 23.6 Å². The van der Waals surface area contributed by atoms with Crippen molar-refractivity contribution in [3.8, 4) is 5.75 Å². The van der Waals surface area contributed by atoms with Crippen LogP contribution in [0.2, 0.25) is 0 Å². The van der Waals surface area contributed by atoms with Gasteiger partial charge in [-0.3, -0.25) is 24.1 Å². The highest BCUT2D eigenvalue weighted by Gasteiger charge is 2.48. The molecule has 1 aromatic rings. The van der Waals surface area contributed by atoms with E-state index in [-0.39, 0.29) is 35.9 Å². The number of carbonyl (C=O) groups is 4. The van der Waals surface area contributed by atoms with Crippen LogP contribution in [-0.4, -0.2) is 60.8 Å². The van der Waals surface area contributed by atoms with Gasteiger partial charge in [0.25, 0.3) is 5.91 Å². The van der Waals surface area contributed by atoms with Crippen molar-refractivity contribution in [3.63, 3.8) is 0 Å². The summed E-state index contributed by atoms with van der Waals surface area (Å²) in [6.45, 7) is -0.897. The van der Waals surface area contributed by atoms with E-state index in [1.165, 1.54) is 31.2 Å². The third-order valence-corrected chi connectivity index (χ3v) is 5.64. The summed E-state index contributed by atoms with van der Waals surface area (Å²) in [5.41, 5.74) is 0.548. The summed E-state index contributed by atoms with van der Waals surface area (Å²) in [6, 6.07) is 4.35. The molecule has 1 aromatic carbocycles. The lowest BCUT2D eigenvalue weighted by molar-refractivity contribution is -0.156. The van der Waals surface area contributed by atoms with Gasteiger partial charge in [-0.25, -0.2) is 4.39 Å². The topological polar surface area (TPSA) is 93.2 Å². The van der Waals surface area contributed by atoms with Crippen LogP contribution < -0.4 is 4.74 Å². The molecule has 2 fully saturated rings. The Morgan fingerprint density at radius 3 is 2.37 bits per heavy atom. The van der Waals surface area contributed by atoms with Gasteiger partial charge in [-0.05, 0) is 30.5 Å². The average molecular weight is 420 g/mol. The zero-order valence-corrected chi connectivity index (χ0v) is 17.1. The van der Waals surface area contributed by atoms with Crippen molar-refractivity contribution < 1.29 is 33.0 Å². The van der Waals surface area contributed by atoms with Crippen molar-refractivity contribution in [2.75, 3.05) is 27.3 Å². The van der Waals surface area contributed by atoms with Crippen molar-refractivity contribution in [3.05, 3.63) is 29.6 Å². The van der Waals surface area contributed by atoms with E-state index in [0.717, 1.165) is 17.7 Å². The van der Waals surface area contributed by atoms with Gasteiger partial charge in [0, 0.05) is 13.6 Å². The molecular weight excluding hydrogens is 395 g/mol. The summed E-state index contributed by atoms with van der Waals surface area (Å²) in [5, 5.41) is 0. The molecule has 8 nitrogen and oxygen atoms in total. The highest BCUT2D eigenvalue weighted by Crippen LogP contribution is 2.37. The predicted octanol–water partition coefficient (Wildman–Crippen LogP) is 1.51. The van der Waals surface area contributed by atoms with Gasteiger partial charge in [0.05, 0.1) is 18.9 Å². The van der Waals surface area contributed by atoms with Crippen molar-refractivity contribution in [1.82, 2.24) is 9.80 Å². The summed E-state index contributed by atoms with van der Waals surface area (Å²) in [4.78, 5) is 51.3. The Morgan fingerprint density at radius 2 is 1.80 bits per heavy atom. The number of methoxy groups -OCH3 is 1. The van der Waals surface area contributed by atoms with E-state index in [1.54, 1.807) is 6.07 Å². The Balaban J connectivity index is 1.48. The lowest BCUT2D eigenvalue weighted by atomic mass is 9.81. The van der Waals surface area contributed by atoms with Crippen molar-refractivity contribution in [2.45, 2.75) is 32.2 Å². The molecule has 0 spiro atoms. The highest BCUT2D eigenvalue weighted by atomic mass is 19.1. The van der Waals surface area contributed by atoms with Gasteiger partial charge in [0.2, 0.25) is 11.8 Å². The first-order valence-corrected chi connectivity index (χ1v) is 9.89. The number of imide groups is 1. The van der Waals surface area contributed by atoms with Crippen LogP contribution in [0, 0.1) is 17.7 Å². The summed E-state index contributed by atoms with van der Waals surface area (Å²) >= 11 is 0. The smallest absolute Gasteiger partial charge is 0.326 e. The molecule has 1 saturated carbocycles. The van der Waals surface area contributed by atoms with Crippen molar-refractivity contribution in [1.29, 1.82) is 0 Å². The Hall–Kier alpha value is -2.97. The summed E-state index contributed by atoms with van der Waals surface area (Å²) in [5.74, 6) is -3.07. The molecule has 1 aliphatic heterocycles. The monoisotopic (exact) mass is 420 g/mol. The fraction of sp³-hybridized carbons (Fsp3) is 0.524. The van der Waals surface area contributed by atoms with Crippen LogP contribution in [0.25, 0.3) is 0 Å². The number of esters is 1. The Morgan fingerprint density at radius 1 is 1.17 bits per heavy atom. The van der Waals surface area contributed by atoms with Crippen LogP contribution in [0.5, 0.6) is 5.75 Å². The maximum Gasteiger partial charge on any atom is 0.326 e. The number of ether oxygens (including phenoxy) is 2. The molecule has 30 heavy (non-hydrogen) atoms. The molecule has 3 amide bonds. The number of likely N-dealkylation sites (tertiary alicyclic amines) is 1. The van der Waals surface area contributed by atoms with Gasteiger partial charge in [-0.1, -0.05) is 18.9 Å². The first-order chi connectivity index (χ1) is 14.3. The number of hydrogen-bond donors (Lipinski definition) is 0. The number of halogens is 1. The highest BCUT2D eigenvalue weighted by molar-refractivity contribution is 6.07. The van der Waals surface area contributed by atoms with E-state index in [4.69, 9.17) is 9.47 Å². The first kappa shape index (κ1) is 21.7. The van der Waals surface area contributed by atoms with Gasteiger partial charge >= 0.3 is 5.97 Å². The summed E-state index contributed by atoms with van der Waals surface area (Å²) < 4.78 is 23.6. The third-order valence-electron chi connectivity index (χ3n) is 5.64. The normalized spacial score (nSPS) is 20.7. The van der Waals surface area contributed by atoms with E-state index >= 15 is 0 Å². The molecular formula is C21H25FN2O6. The minimum atomic E-state index is -0.812. The molecule has 1 saturated heterocycles. The van der Waals surface area contributed by atoms with E-state index in [1.807, 2.05) is 0 Å². The lowest BCUT2D eigenvalue weighted by Crippen LogP contribution is -2.38. The fourth-order valence-electron chi connectivity index (χ4n) is 3.98. The predicted molar refractivity (Wildman–Crippen MR) is 103 cm³/mol. The zero-order chi connectivity index (χ0) is 21.8. The molecule has 1 heterocycles. The first-order valence-electron chi connectivity index (χ1n) is 9.89. The van der Waals surface area contributed by atoms with Crippen molar-refractivity contribution >= 4 is 23.7 Å². The van der Waals surface area contributed by atoms with Crippen LogP contribution in [-0.2, 0) is 30.5 Å². The minimum Gasteiger partial charge on any atom is -0.494 e. The van der Waals surface area contributed by atoms with Gasteiger partial charge in [-0.2, -0.15) is 0 Å². The van der Waals surface area contributed by atoms with E-state index in [2.05, 4.69) is 0 Å². The molecule has 2 aliphatic rings. The molecule has 0 aromatic heterocycles. The number of likely N-dealkylation sites (N-methyl/N-ethyl adjacent to an activating group) is 1. The maximum atomic E-state index is 13.8.